The van der Waals surface area contributed by atoms with Gasteiger partial charge in [-0.3, -0.25) is 4.79 Å². The van der Waals surface area contributed by atoms with E-state index in [2.05, 4.69) is 20.5 Å². The Bertz CT molecular complexity index is 1280. The van der Waals surface area contributed by atoms with Gasteiger partial charge < -0.3 is 35.8 Å². The predicted molar refractivity (Wildman–Crippen MR) is 168 cm³/mol. The minimum absolute atomic E-state index is 0.0419. The minimum Gasteiger partial charge on any atom is -0.409 e. The molecule has 0 aromatic heterocycles. The van der Waals surface area contributed by atoms with Crippen molar-refractivity contribution in [3.63, 3.8) is 0 Å². The summed E-state index contributed by atoms with van der Waals surface area (Å²) in [4.78, 5) is 37.1. The fourth-order valence-electron chi connectivity index (χ4n) is 5.60. The maximum absolute atomic E-state index is 13.4. The molecule has 2 saturated heterocycles. The summed E-state index contributed by atoms with van der Waals surface area (Å²) in [6.45, 7) is 4.07. The number of benzene rings is 2. The van der Waals surface area contributed by atoms with E-state index in [0.717, 1.165) is 64.0 Å². The van der Waals surface area contributed by atoms with Gasteiger partial charge in [-0.1, -0.05) is 63.8 Å². The zero-order valence-electron chi connectivity index (χ0n) is 24.3. The van der Waals surface area contributed by atoms with Crippen LogP contribution in [-0.4, -0.2) is 102 Å². The molecule has 1 unspecified atom stereocenters. The number of rotatable bonds is 12. The average Bonchev–Trinajstić information content (AvgIpc) is 3.01. The van der Waals surface area contributed by atoms with E-state index in [-0.39, 0.29) is 42.9 Å². The topological polar surface area (TPSA) is 136 Å². The maximum Gasteiger partial charge on any atom is 0.317 e. The van der Waals surface area contributed by atoms with Gasteiger partial charge in [0.05, 0.1) is 12.3 Å². The van der Waals surface area contributed by atoms with Crippen LogP contribution < -0.4 is 11.1 Å². The number of nitrogens with one attached hydrogen (secondary N) is 1. The lowest BCUT2D eigenvalue weighted by Crippen LogP contribution is -2.54. The van der Waals surface area contributed by atoms with Gasteiger partial charge in [-0.25, -0.2) is 4.79 Å². The van der Waals surface area contributed by atoms with Gasteiger partial charge in [0.15, 0.2) is 12.4 Å². The number of urea groups is 1. The van der Waals surface area contributed by atoms with E-state index in [0.29, 0.717) is 21.3 Å². The minimum atomic E-state index is -0.274. The van der Waals surface area contributed by atoms with E-state index in [1.54, 1.807) is 30.1 Å². The third kappa shape index (κ3) is 9.22. The van der Waals surface area contributed by atoms with Gasteiger partial charge in [-0.2, -0.15) is 0 Å². The number of halogens is 2. The van der Waals surface area contributed by atoms with Gasteiger partial charge in [0.25, 0.3) is 5.91 Å². The van der Waals surface area contributed by atoms with Crippen LogP contribution in [0.1, 0.15) is 47.5 Å². The van der Waals surface area contributed by atoms with Crippen LogP contribution in [0.15, 0.2) is 58.8 Å². The summed E-state index contributed by atoms with van der Waals surface area (Å²) in [5, 5.41) is 20.0. The fourth-order valence-corrected chi connectivity index (χ4v) is 6.12. The number of nitrogens with zero attached hydrogens (tertiary/aromatic N) is 5. The number of hydrogen-bond donors (Lipinski definition) is 3. The number of likely N-dealkylation sites (tertiary alicyclic amines) is 1. The van der Waals surface area contributed by atoms with E-state index in [1.807, 2.05) is 35.2 Å². The summed E-state index contributed by atoms with van der Waals surface area (Å²) in [5.41, 5.74) is 7.61. The van der Waals surface area contributed by atoms with E-state index in [1.165, 1.54) is 0 Å². The van der Waals surface area contributed by atoms with Crippen molar-refractivity contribution in [1.29, 1.82) is 0 Å². The standard InChI is InChI=1S/C30H39Cl2N7O4/c1-37(29(40)22-16-23(31)18-24(32)17-22)19-27(36-43-20-28(33)35-42)26(21-6-3-2-4-7-21)10-15-38-13-8-25(9-14-38)39-12-5-11-34-30(39)41/h2-4,6-7,16-18,25-26,42H,5,8-15,19-20H2,1H3,(H2,33,35)(H,34,41)/b36-27+. The van der Waals surface area contributed by atoms with Crippen molar-refractivity contribution in [1.82, 2.24) is 20.0 Å². The molecule has 2 aromatic rings. The second-order valence-electron chi connectivity index (χ2n) is 10.9. The van der Waals surface area contributed by atoms with E-state index >= 15 is 0 Å². The highest BCUT2D eigenvalue weighted by atomic mass is 35.5. The molecule has 2 aliphatic rings. The molecular weight excluding hydrogens is 593 g/mol. The van der Waals surface area contributed by atoms with Crippen LogP contribution in [0, 0.1) is 0 Å². The lowest BCUT2D eigenvalue weighted by molar-refractivity contribution is 0.0811. The van der Waals surface area contributed by atoms with Gasteiger partial charge in [-0.15, -0.1) is 0 Å². The normalized spacial score (nSPS) is 17.8. The number of oxime groups is 2. The van der Waals surface area contributed by atoms with Crippen molar-refractivity contribution >= 4 is 46.7 Å². The Balaban J connectivity index is 1.50. The van der Waals surface area contributed by atoms with Crippen molar-refractivity contribution in [2.24, 2.45) is 16.0 Å². The van der Waals surface area contributed by atoms with E-state index in [4.69, 9.17) is 39.0 Å². The van der Waals surface area contributed by atoms with Crippen molar-refractivity contribution in [2.75, 3.05) is 52.9 Å². The Morgan fingerprint density at radius 1 is 1.16 bits per heavy atom. The van der Waals surface area contributed by atoms with Gasteiger partial charge in [0.1, 0.15) is 0 Å². The SMILES string of the molecule is CN(C/C(=N\OC/C(N)=N/O)C(CCN1CCC(N2CCCNC2=O)CC1)c1ccccc1)C(=O)c1cc(Cl)cc(Cl)c1. The molecule has 0 radical (unpaired) electrons. The number of amidine groups is 1. The second-order valence-corrected chi connectivity index (χ2v) is 11.7. The molecule has 0 bridgehead atoms. The maximum atomic E-state index is 13.4. The molecule has 0 saturated carbocycles. The molecule has 11 nitrogen and oxygen atoms in total. The fraction of sp³-hybridized carbons (Fsp3) is 0.467. The Morgan fingerprint density at radius 3 is 2.51 bits per heavy atom. The number of carbonyl (C=O) groups excluding carboxylic acids is 2. The highest BCUT2D eigenvalue weighted by Crippen LogP contribution is 2.26. The molecule has 232 valence electrons. The lowest BCUT2D eigenvalue weighted by Gasteiger charge is -2.40. The molecule has 2 fully saturated rings. The number of amides is 3. The largest absolute Gasteiger partial charge is 0.409 e. The Hall–Kier alpha value is -3.54. The van der Waals surface area contributed by atoms with Gasteiger partial charge in [0, 0.05) is 60.8 Å². The zero-order chi connectivity index (χ0) is 30.8. The van der Waals surface area contributed by atoms with Crippen LogP contribution in [0.5, 0.6) is 0 Å². The van der Waals surface area contributed by atoms with Crippen LogP contribution in [-0.2, 0) is 4.84 Å². The molecule has 2 aliphatic heterocycles. The summed E-state index contributed by atoms with van der Waals surface area (Å²) >= 11 is 12.3. The predicted octanol–water partition coefficient (Wildman–Crippen LogP) is 4.24. The Kier molecular flexibility index (Phi) is 11.9. The molecule has 2 aromatic carbocycles. The molecule has 3 amide bonds. The molecule has 13 heteroatoms. The monoisotopic (exact) mass is 631 g/mol. The Morgan fingerprint density at radius 2 is 1.86 bits per heavy atom. The first-order valence-electron chi connectivity index (χ1n) is 14.4. The van der Waals surface area contributed by atoms with Crippen LogP contribution in [0.2, 0.25) is 10.0 Å². The first-order valence-corrected chi connectivity index (χ1v) is 15.2. The van der Waals surface area contributed by atoms with Crippen molar-refractivity contribution in [2.45, 2.75) is 37.6 Å². The molecule has 4 rings (SSSR count). The first kappa shape index (κ1) is 32.4. The zero-order valence-corrected chi connectivity index (χ0v) is 25.8. The quantitative estimate of drug-likeness (QED) is 0.139. The van der Waals surface area contributed by atoms with Crippen LogP contribution in [0.3, 0.4) is 0 Å². The summed E-state index contributed by atoms with van der Waals surface area (Å²) < 4.78 is 0. The van der Waals surface area contributed by atoms with Crippen LogP contribution >= 0.6 is 23.2 Å². The van der Waals surface area contributed by atoms with Crippen molar-refractivity contribution < 1.29 is 19.6 Å². The number of hydrogen-bond acceptors (Lipinski definition) is 7. The van der Waals surface area contributed by atoms with Gasteiger partial charge in [0.2, 0.25) is 0 Å². The lowest BCUT2D eigenvalue weighted by atomic mass is 9.89. The van der Waals surface area contributed by atoms with Crippen LogP contribution in [0.4, 0.5) is 4.79 Å². The molecule has 4 N–H and O–H groups in total. The first-order chi connectivity index (χ1) is 20.7. The van der Waals surface area contributed by atoms with Crippen LogP contribution in [0.25, 0.3) is 0 Å². The summed E-state index contributed by atoms with van der Waals surface area (Å²) in [6, 6.07) is 15.0. The molecule has 0 spiro atoms. The molecular formula is C30H39Cl2N7O4. The molecule has 0 aliphatic carbocycles. The summed E-state index contributed by atoms with van der Waals surface area (Å²) in [6.07, 6.45) is 3.54. The molecule has 1 atom stereocenters. The summed E-state index contributed by atoms with van der Waals surface area (Å²) in [7, 11) is 1.68. The highest BCUT2D eigenvalue weighted by molar-refractivity contribution is 6.35. The van der Waals surface area contributed by atoms with Crippen molar-refractivity contribution in [3.8, 4) is 0 Å². The average molecular weight is 633 g/mol. The number of piperidine rings is 1. The highest BCUT2D eigenvalue weighted by Gasteiger charge is 2.30. The molecule has 43 heavy (non-hydrogen) atoms. The van der Waals surface area contributed by atoms with E-state index in [9.17, 15) is 9.59 Å². The third-order valence-corrected chi connectivity index (χ3v) is 8.26. The van der Waals surface area contributed by atoms with Gasteiger partial charge in [-0.05, 0) is 56.0 Å². The number of carbonyl (C=O) groups is 2. The number of nitrogens with two attached hydrogens (primary N) is 1. The van der Waals surface area contributed by atoms with Crippen molar-refractivity contribution in [3.05, 3.63) is 69.7 Å². The second kappa shape index (κ2) is 15.8. The Labute approximate surface area is 262 Å². The molecule has 2 heterocycles. The van der Waals surface area contributed by atoms with E-state index < -0.39 is 0 Å². The smallest absolute Gasteiger partial charge is 0.317 e. The van der Waals surface area contributed by atoms with Gasteiger partial charge >= 0.3 is 6.03 Å². The third-order valence-electron chi connectivity index (χ3n) is 7.83. The summed E-state index contributed by atoms with van der Waals surface area (Å²) in [5.74, 6) is -0.580.